The maximum atomic E-state index is 13.2. The molecule has 0 radical (unpaired) electrons. The third-order valence-corrected chi connectivity index (χ3v) is 9.77. The average molecular weight is 918 g/mol. The molecule has 0 spiro atoms. The first-order chi connectivity index (χ1) is 32.0. The van der Waals surface area contributed by atoms with Crippen LogP contribution in [0.3, 0.4) is 0 Å². The molecule has 2 N–H and O–H groups in total. The van der Waals surface area contributed by atoms with Gasteiger partial charge < -0.3 is 57.4 Å². The molecule has 2 aliphatic heterocycles. The molecule has 19 heteroatoms. The number of nitrogens with zero attached hydrogens (tertiary/aromatic N) is 1. The van der Waals surface area contributed by atoms with E-state index in [2.05, 4.69) is 10.6 Å². The normalized spacial score (nSPS) is 14.9. The van der Waals surface area contributed by atoms with Gasteiger partial charge in [0.15, 0.2) is 0 Å². The van der Waals surface area contributed by atoms with E-state index < -0.39 is 29.7 Å². The summed E-state index contributed by atoms with van der Waals surface area (Å²) in [4.78, 5) is 63.6. The van der Waals surface area contributed by atoms with Gasteiger partial charge in [0.05, 0.1) is 156 Å². The average Bonchev–Trinajstić information content (AvgIpc) is 3.56. The quantitative estimate of drug-likeness (QED) is 0.0727. The van der Waals surface area contributed by atoms with Crippen molar-refractivity contribution in [1.29, 1.82) is 0 Å². The Hall–Kier alpha value is -4.25. The number of ether oxygens (including phenoxy) is 11. The van der Waals surface area contributed by atoms with Gasteiger partial charge in [-0.15, -0.1) is 0 Å². The zero-order chi connectivity index (χ0) is 46.0. The Labute approximate surface area is 381 Å². The predicted molar refractivity (Wildman–Crippen MR) is 234 cm³/mol. The van der Waals surface area contributed by atoms with Gasteiger partial charge in [-0.2, -0.15) is 0 Å². The van der Waals surface area contributed by atoms with Crippen molar-refractivity contribution in [3.8, 4) is 0 Å². The molecule has 1 fully saturated rings. The fourth-order valence-electron chi connectivity index (χ4n) is 6.46. The van der Waals surface area contributed by atoms with Crippen LogP contribution in [0.5, 0.6) is 0 Å². The van der Waals surface area contributed by atoms with Gasteiger partial charge in [0.2, 0.25) is 17.7 Å². The molecule has 2 aromatic carbocycles. The number of carbonyl (C=O) groups is 5. The number of rotatable bonds is 40. The molecule has 1 unspecified atom stereocenters. The van der Waals surface area contributed by atoms with Crippen molar-refractivity contribution in [2.24, 2.45) is 0 Å². The molecule has 5 amide bonds. The molecule has 1 saturated heterocycles. The molecule has 1 atom stereocenters. The number of anilines is 1. The molecule has 2 aliphatic rings. The van der Waals surface area contributed by atoms with Crippen molar-refractivity contribution >= 4 is 35.2 Å². The maximum absolute atomic E-state index is 13.2. The van der Waals surface area contributed by atoms with Crippen molar-refractivity contribution < 1.29 is 76.1 Å². The number of hydrogen-bond donors (Lipinski definition) is 2. The van der Waals surface area contributed by atoms with E-state index in [4.69, 9.17) is 52.1 Å². The highest BCUT2D eigenvalue weighted by atomic mass is 16.6. The summed E-state index contributed by atoms with van der Waals surface area (Å²) in [7, 11) is 0. The van der Waals surface area contributed by atoms with Crippen LogP contribution >= 0.6 is 0 Å². The molecule has 2 heterocycles. The van der Waals surface area contributed by atoms with E-state index in [1.54, 1.807) is 12.1 Å². The minimum Gasteiger partial charge on any atom is -0.379 e. The summed E-state index contributed by atoms with van der Waals surface area (Å²) in [5.74, 6) is -2.72. The Morgan fingerprint density at radius 2 is 0.985 bits per heavy atom. The monoisotopic (exact) mass is 917 g/mol. The van der Waals surface area contributed by atoms with E-state index in [0.717, 1.165) is 23.3 Å². The first kappa shape index (κ1) is 53.4. The topological polar surface area (TPSA) is 214 Å². The lowest BCUT2D eigenvalue weighted by molar-refractivity contribution is -0.136. The number of piperidine rings is 1. The fourth-order valence-corrected chi connectivity index (χ4v) is 6.46. The Morgan fingerprint density at radius 3 is 1.46 bits per heavy atom. The van der Waals surface area contributed by atoms with E-state index in [0.29, 0.717) is 152 Å². The van der Waals surface area contributed by atoms with Crippen LogP contribution in [-0.4, -0.2) is 179 Å². The smallest absolute Gasteiger partial charge is 0.264 e. The second kappa shape index (κ2) is 34.1. The van der Waals surface area contributed by atoms with Gasteiger partial charge in [0.25, 0.3) is 11.8 Å². The van der Waals surface area contributed by atoms with Gasteiger partial charge >= 0.3 is 0 Å². The molecule has 19 nitrogen and oxygen atoms in total. The second-order valence-electron chi connectivity index (χ2n) is 14.7. The number of carbonyl (C=O) groups excluding carboxylic acids is 5. The van der Waals surface area contributed by atoms with Gasteiger partial charge in [-0.3, -0.25) is 34.2 Å². The van der Waals surface area contributed by atoms with Crippen molar-refractivity contribution in [2.45, 2.75) is 51.2 Å². The van der Waals surface area contributed by atoms with Crippen LogP contribution in [0.4, 0.5) is 5.69 Å². The molecule has 4 rings (SSSR count). The molecular formula is C46H67N3O16. The van der Waals surface area contributed by atoms with E-state index in [-0.39, 0.29) is 42.0 Å². The highest BCUT2D eigenvalue weighted by molar-refractivity contribution is 6.26. The molecule has 0 aliphatic carbocycles. The highest BCUT2D eigenvalue weighted by Gasteiger charge is 2.45. The number of nitrogens with one attached hydrogen (secondary N) is 2. The Kier molecular flexibility index (Phi) is 28.0. The minimum absolute atomic E-state index is 0.0269. The lowest BCUT2D eigenvalue weighted by atomic mass is 10.0. The summed E-state index contributed by atoms with van der Waals surface area (Å²) in [5, 5.41) is 4.91. The second-order valence-corrected chi connectivity index (χ2v) is 14.7. The SMILES string of the molecule is O=C1CCC(N2C(=O)c3cccc(NC(=O)CCCCCOCCOCCOCCOCCOCCOCCOCCOCCOCCOCCOCc4ccccc4)c3C2=O)C(=O)N1. The highest BCUT2D eigenvalue weighted by Crippen LogP contribution is 2.32. The summed E-state index contributed by atoms with van der Waals surface area (Å²) in [5.41, 5.74) is 1.53. The zero-order valence-electron chi connectivity index (χ0n) is 37.5. The van der Waals surface area contributed by atoms with E-state index in [1.165, 1.54) is 6.07 Å². The standard InChI is InChI=1S/C46H67N3O16/c50-41(47-39-11-7-10-38-43(39)46(54)49(45(38)53)40-13-14-42(51)48-44(40)52)12-5-2-6-15-55-16-17-56-18-19-57-20-21-58-22-23-59-24-25-60-26-27-61-28-29-62-30-31-63-32-33-64-34-35-65-36-37-8-3-1-4-9-37/h1,3-4,7-11,40H,2,5-6,12-36H2,(H,47,50)(H,48,51,52). The first-order valence-corrected chi connectivity index (χ1v) is 22.5. The molecular weight excluding hydrogens is 851 g/mol. The zero-order valence-corrected chi connectivity index (χ0v) is 37.5. The van der Waals surface area contributed by atoms with E-state index >= 15 is 0 Å². The van der Waals surface area contributed by atoms with Crippen molar-refractivity contribution in [2.75, 3.05) is 144 Å². The molecule has 362 valence electrons. The lowest BCUT2D eigenvalue weighted by Gasteiger charge is -2.27. The summed E-state index contributed by atoms with van der Waals surface area (Å²) < 4.78 is 60.7. The Bertz CT molecular complexity index is 1670. The van der Waals surface area contributed by atoms with Gasteiger partial charge in [-0.05, 0) is 37.0 Å². The van der Waals surface area contributed by atoms with E-state index in [9.17, 15) is 24.0 Å². The molecule has 65 heavy (non-hydrogen) atoms. The molecule has 0 saturated carbocycles. The summed E-state index contributed by atoms with van der Waals surface area (Å²) >= 11 is 0. The number of amides is 5. The number of imide groups is 2. The lowest BCUT2D eigenvalue weighted by Crippen LogP contribution is -2.54. The number of fused-ring (bicyclic) bond motifs is 1. The van der Waals surface area contributed by atoms with Crippen LogP contribution in [0.15, 0.2) is 48.5 Å². The van der Waals surface area contributed by atoms with Crippen LogP contribution in [-0.2, 0) is 73.1 Å². The third kappa shape index (κ3) is 22.2. The van der Waals surface area contributed by atoms with Gasteiger partial charge in [-0.25, -0.2) is 0 Å². The van der Waals surface area contributed by atoms with Crippen LogP contribution in [0.2, 0.25) is 0 Å². The summed E-state index contributed by atoms with van der Waals surface area (Å²) in [6.07, 6.45) is 2.44. The molecule has 2 aromatic rings. The van der Waals surface area contributed by atoms with Gasteiger partial charge in [-0.1, -0.05) is 42.8 Å². The molecule has 0 bridgehead atoms. The van der Waals surface area contributed by atoms with Crippen LogP contribution in [0.25, 0.3) is 0 Å². The van der Waals surface area contributed by atoms with Crippen LogP contribution in [0.1, 0.15) is 64.8 Å². The van der Waals surface area contributed by atoms with Gasteiger partial charge in [0.1, 0.15) is 6.04 Å². The van der Waals surface area contributed by atoms with Crippen molar-refractivity contribution in [3.63, 3.8) is 0 Å². The third-order valence-electron chi connectivity index (χ3n) is 9.77. The van der Waals surface area contributed by atoms with Gasteiger partial charge in [0, 0.05) is 19.4 Å². The number of unbranched alkanes of at least 4 members (excludes halogenated alkanes) is 2. The minimum atomic E-state index is -1.08. The summed E-state index contributed by atoms with van der Waals surface area (Å²) in [6.45, 7) is 10.8. The van der Waals surface area contributed by atoms with Crippen LogP contribution < -0.4 is 10.6 Å². The fraction of sp³-hybridized carbons (Fsp3) is 0.630. The van der Waals surface area contributed by atoms with Crippen molar-refractivity contribution in [3.05, 3.63) is 65.2 Å². The Morgan fingerprint density at radius 1 is 0.523 bits per heavy atom. The number of hydrogen-bond acceptors (Lipinski definition) is 16. The van der Waals surface area contributed by atoms with E-state index in [1.807, 2.05) is 30.3 Å². The summed E-state index contributed by atoms with van der Waals surface area (Å²) in [6, 6.07) is 13.6. The largest absolute Gasteiger partial charge is 0.379 e. The number of benzene rings is 2. The maximum Gasteiger partial charge on any atom is 0.264 e. The van der Waals surface area contributed by atoms with Crippen molar-refractivity contribution in [1.82, 2.24) is 10.2 Å². The Balaban J connectivity index is 0.804. The molecule has 0 aromatic heterocycles. The predicted octanol–water partition coefficient (Wildman–Crippen LogP) is 2.97. The first-order valence-electron chi connectivity index (χ1n) is 22.5. The van der Waals surface area contributed by atoms with Crippen LogP contribution in [0, 0.1) is 0 Å².